The van der Waals surface area contributed by atoms with Gasteiger partial charge in [0.15, 0.2) is 6.10 Å². The Morgan fingerprint density at radius 2 is 1.52 bits per heavy atom. The van der Waals surface area contributed by atoms with E-state index in [4.69, 9.17) is 4.74 Å². The predicted octanol–water partition coefficient (Wildman–Crippen LogP) is 3.96. The number of hydrogen-bond acceptors (Lipinski definition) is 3. The van der Waals surface area contributed by atoms with Crippen LogP contribution >= 0.6 is 0 Å². The summed E-state index contributed by atoms with van der Waals surface area (Å²) in [5.41, 5.74) is 1.21. The van der Waals surface area contributed by atoms with Crippen LogP contribution in [0.25, 0.3) is 10.8 Å². The van der Waals surface area contributed by atoms with E-state index in [1.165, 1.54) is 11.1 Å². The number of amides is 1. The van der Waals surface area contributed by atoms with Crippen LogP contribution in [0.15, 0.2) is 72.8 Å². The number of anilines is 1. The van der Waals surface area contributed by atoms with Gasteiger partial charge in [-0.15, -0.1) is 0 Å². The van der Waals surface area contributed by atoms with Gasteiger partial charge in [-0.05, 0) is 42.0 Å². The summed E-state index contributed by atoms with van der Waals surface area (Å²) >= 11 is 0. The average molecular weight is 360 g/mol. The molecule has 4 nitrogen and oxygen atoms in total. The van der Waals surface area contributed by atoms with Crippen LogP contribution in [0.3, 0.4) is 0 Å². The fraction of sp³-hybridized carbons (Fsp3) is 0.261. The van der Waals surface area contributed by atoms with Gasteiger partial charge in [0.25, 0.3) is 5.91 Å². The molecule has 0 N–H and O–H groups in total. The molecule has 1 amide bonds. The third kappa shape index (κ3) is 3.90. The maximum absolute atomic E-state index is 12.8. The molecule has 4 heteroatoms. The van der Waals surface area contributed by atoms with E-state index in [-0.39, 0.29) is 5.91 Å². The highest BCUT2D eigenvalue weighted by Crippen LogP contribution is 2.22. The summed E-state index contributed by atoms with van der Waals surface area (Å²) in [6.07, 6.45) is -0.491. The minimum absolute atomic E-state index is 0.0517. The first-order valence-electron chi connectivity index (χ1n) is 9.45. The van der Waals surface area contributed by atoms with Crippen molar-refractivity contribution >= 4 is 22.4 Å². The molecular weight excluding hydrogens is 336 g/mol. The number of nitrogens with zero attached hydrogens (tertiary/aromatic N) is 2. The largest absolute Gasteiger partial charge is 0.481 e. The maximum Gasteiger partial charge on any atom is 0.263 e. The third-order valence-corrected chi connectivity index (χ3v) is 5.09. The van der Waals surface area contributed by atoms with Gasteiger partial charge in [0.05, 0.1) is 0 Å². The Labute approximate surface area is 160 Å². The molecule has 3 aromatic rings. The van der Waals surface area contributed by atoms with E-state index in [0.29, 0.717) is 0 Å². The van der Waals surface area contributed by atoms with E-state index in [1.54, 1.807) is 0 Å². The van der Waals surface area contributed by atoms with Gasteiger partial charge in [-0.25, -0.2) is 0 Å². The van der Waals surface area contributed by atoms with Crippen LogP contribution in [0.4, 0.5) is 5.69 Å². The number of piperazine rings is 1. The van der Waals surface area contributed by atoms with Crippen molar-refractivity contribution in [1.82, 2.24) is 4.90 Å². The highest BCUT2D eigenvalue weighted by Gasteiger charge is 2.26. The van der Waals surface area contributed by atoms with Gasteiger partial charge >= 0.3 is 0 Å². The molecular formula is C23H24N2O2. The lowest BCUT2D eigenvalue weighted by Gasteiger charge is -2.37. The van der Waals surface area contributed by atoms with Gasteiger partial charge in [-0.2, -0.15) is 0 Å². The second-order valence-corrected chi connectivity index (χ2v) is 6.92. The standard InChI is InChI=1S/C23H24N2O2/c1-18(27-22-12-11-19-7-5-6-8-20(19)17-22)23(26)25-15-13-24(14-16-25)21-9-3-2-4-10-21/h2-12,17-18H,13-16H2,1H3. The first-order valence-corrected chi connectivity index (χ1v) is 9.45. The predicted molar refractivity (Wildman–Crippen MR) is 109 cm³/mol. The number of rotatable bonds is 4. The second-order valence-electron chi connectivity index (χ2n) is 6.92. The van der Waals surface area contributed by atoms with Gasteiger partial charge < -0.3 is 14.5 Å². The van der Waals surface area contributed by atoms with Gasteiger partial charge in [-0.1, -0.05) is 48.5 Å². The van der Waals surface area contributed by atoms with Gasteiger partial charge in [0.2, 0.25) is 0 Å². The third-order valence-electron chi connectivity index (χ3n) is 5.09. The Bertz CT molecular complexity index is 918. The van der Waals surface area contributed by atoms with Crippen LogP contribution < -0.4 is 9.64 Å². The summed E-state index contributed by atoms with van der Waals surface area (Å²) in [5, 5.41) is 2.28. The van der Waals surface area contributed by atoms with Crippen molar-refractivity contribution in [3.63, 3.8) is 0 Å². The van der Waals surface area contributed by atoms with Gasteiger partial charge in [-0.3, -0.25) is 4.79 Å². The topological polar surface area (TPSA) is 32.8 Å². The quantitative estimate of drug-likeness (QED) is 0.706. The smallest absolute Gasteiger partial charge is 0.263 e. The van der Waals surface area contributed by atoms with E-state index in [2.05, 4.69) is 29.2 Å². The molecule has 0 aliphatic carbocycles. The molecule has 1 fully saturated rings. The summed E-state index contributed by atoms with van der Waals surface area (Å²) in [5.74, 6) is 0.786. The normalized spacial score (nSPS) is 15.6. The summed E-state index contributed by atoms with van der Waals surface area (Å²) in [4.78, 5) is 17.0. The fourth-order valence-electron chi connectivity index (χ4n) is 3.58. The molecule has 4 rings (SSSR count). The van der Waals surface area contributed by atoms with Crippen molar-refractivity contribution in [2.24, 2.45) is 0 Å². The molecule has 1 heterocycles. The van der Waals surface area contributed by atoms with Crippen molar-refractivity contribution < 1.29 is 9.53 Å². The fourth-order valence-corrected chi connectivity index (χ4v) is 3.58. The molecule has 0 saturated carbocycles. The Balaban J connectivity index is 1.36. The molecule has 1 aliphatic rings. The monoisotopic (exact) mass is 360 g/mol. The van der Waals surface area contributed by atoms with E-state index >= 15 is 0 Å². The zero-order valence-electron chi connectivity index (χ0n) is 15.5. The number of carbonyl (C=O) groups is 1. The molecule has 1 unspecified atom stereocenters. The molecule has 0 aromatic heterocycles. The molecule has 0 bridgehead atoms. The van der Waals surface area contributed by atoms with Crippen LogP contribution in [-0.4, -0.2) is 43.1 Å². The van der Waals surface area contributed by atoms with Crippen LogP contribution in [-0.2, 0) is 4.79 Å². The van der Waals surface area contributed by atoms with Crippen LogP contribution in [0, 0.1) is 0 Å². The van der Waals surface area contributed by atoms with Crippen LogP contribution in [0.1, 0.15) is 6.92 Å². The minimum Gasteiger partial charge on any atom is -0.481 e. The first kappa shape index (κ1) is 17.4. The Morgan fingerprint density at radius 3 is 2.26 bits per heavy atom. The van der Waals surface area contributed by atoms with Crippen LogP contribution in [0.2, 0.25) is 0 Å². The SMILES string of the molecule is CC(Oc1ccc2ccccc2c1)C(=O)N1CCN(c2ccccc2)CC1. The van der Waals surface area contributed by atoms with E-state index in [0.717, 1.165) is 37.3 Å². The van der Waals surface area contributed by atoms with Crippen LogP contribution in [0.5, 0.6) is 5.75 Å². The Morgan fingerprint density at radius 1 is 0.852 bits per heavy atom. The summed E-state index contributed by atoms with van der Waals surface area (Å²) in [7, 11) is 0. The molecule has 27 heavy (non-hydrogen) atoms. The molecule has 1 aliphatic heterocycles. The minimum atomic E-state index is -0.491. The van der Waals surface area contributed by atoms with Gasteiger partial charge in [0, 0.05) is 31.9 Å². The molecule has 1 atom stereocenters. The van der Waals surface area contributed by atoms with Gasteiger partial charge in [0.1, 0.15) is 5.75 Å². The first-order chi connectivity index (χ1) is 13.2. The number of ether oxygens (including phenoxy) is 1. The highest BCUT2D eigenvalue weighted by molar-refractivity contribution is 5.84. The lowest BCUT2D eigenvalue weighted by molar-refractivity contribution is -0.138. The lowest BCUT2D eigenvalue weighted by Crippen LogP contribution is -2.52. The maximum atomic E-state index is 12.8. The van der Waals surface area contributed by atoms with Crippen molar-refractivity contribution in [3.8, 4) is 5.75 Å². The average Bonchev–Trinajstić information content (AvgIpc) is 2.74. The lowest BCUT2D eigenvalue weighted by atomic mass is 10.1. The Hall–Kier alpha value is -3.01. The highest BCUT2D eigenvalue weighted by atomic mass is 16.5. The zero-order chi connectivity index (χ0) is 18.6. The van der Waals surface area contributed by atoms with Crippen molar-refractivity contribution in [2.45, 2.75) is 13.0 Å². The summed E-state index contributed by atoms with van der Waals surface area (Å²) in [6, 6.07) is 24.4. The molecule has 3 aromatic carbocycles. The van der Waals surface area contributed by atoms with Crippen molar-refractivity contribution in [1.29, 1.82) is 0 Å². The number of fused-ring (bicyclic) bond motifs is 1. The summed E-state index contributed by atoms with van der Waals surface area (Å²) in [6.45, 7) is 4.97. The molecule has 0 spiro atoms. The second kappa shape index (κ2) is 7.70. The molecule has 0 radical (unpaired) electrons. The van der Waals surface area contributed by atoms with Crippen molar-refractivity contribution in [2.75, 3.05) is 31.1 Å². The Kier molecular flexibility index (Phi) is 4.97. The number of para-hydroxylation sites is 1. The van der Waals surface area contributed by atoms with Crippen molar-refractivity contribution in [3.05, 3.63) is 72.8 Å². The molecule has 1 saturated heterocycles. The zero-order valence-corrected chi connectivity index (χ0v) is 15.5. The number of hydrogen-bond donors (Lipinski definition) is 0. The number of carbonyl (C=O) groups excluding carboxylic acids is 1. The number of benzene rings is 3. The van der Waals surface area contributed by atoms with E-state index in [1.807, 2.05) is 60.4 Å². The summed E-state index contributed by atoms with van der Waals surface area (Å²) < 4.78 is 5.94. The van der Waals surface area contributed by atoms with E-state index < -0.39 is 6.10 Å². The van der Waals surface area contributed by atoms with E-state index in [9.17, 15) is 4.79 Å². The molecule has 138 valence electrons.